The van der Waals surface area contributed by atoms with Gasteiger partial charge < -0.3 is 9.64 Å². The van der Waals surface area contributed by atoms with E-state index in [1.54, 1.807) is 17.3 Å². The number of carbonyl (C=O) groups is 1. The first kappa shape index (κ1) is 23.0. The second-order valence-electron chi connectivity index (χ2n) is 7.80. The minimum absolute atomic E-state index is 0.0623. The van der Waals surface area contributed by atoms with Crippen molar-refractivity contribution in [1.29, 1.82) is 0 Å². The molecule has 2 aromatic heterocycles. The maximum absolute atomic E-state index is 13.0. The molecule has 1 aliphatic heterocycles. The van der Waals surface area contributed by atoms with Gasteiger partial charge in [-0.05, 0) is 36.6 Å². The predicted molar refractivity (Wildman–Crippen MR) is 118 cm³/mol. The normalized spacial score (nSPS) is 15.8. The number of carbonyl (C=O) groups excluding carboxylic acids is 1. The molecule has 3 heterocycles. The molecule has 1 unspecified atom stereocenters. The average Bonchev–Trinajstić information content (AvgIpc) is 2.83. The lowest BCUT2D eigenvalue weighted by molar-refractivity contribution is -0.153. The smallest absolute Gasteiger partial charge is 0.417 e. The zero-order chi connectivity index (χ0) is 23.4. The van der Waals surface area contributed by atoms with Crippen molar-refractivity contribution in [2.45, 2.75) is 25.1 Å². The molecule has 4 rings (SSSR count). The van der Waals surface area contributed by atoms with E-state index in [9.17, 15) is 18.0 Å². The van der Waals surface area contributed by atoms with E-state index in [4.69, 9.17) is 16.3 Å². The van der Waals surface area contributed by atoms with Crippen molar-refractivity contribution >= 4 is 23.4 Å². The molecule has 3 aromatic rings. The molecule has 9 heteroatoms. The maximum atomic E-state index is 13.0. The van der Waals surface area contributed by atoms with Gasteiger partial charge in [0.2, 0.25) is 0 Å². The number of anilines is 1. The second kappa shape index (κ2) is 9.79. The van der Waals surface area contributed by atoms with Gasteiger partial charge in [-0.1, -0.05) is 41.9 Å². The Labute approximate surface area is 194 Å². The number of esters is 1. The van der Waals surface area contributed by atoms with Crippen LogP contribution in [0.3, 0.4) is 0 Å². The number of piperidine rings is 1. The Balaban J connectivity index is 1.43. The number of pyridine rings is 2. The lowest BCUT2D eigenvalue weighted by Gasteiger charge is -2.33. The van der Waals surface area contributed by atoms with Gasteiger partial charge in [0.1, 0.15) is 5.82 Å². The quantitative estimate of drug-likeness (QED) is 0.443. The summed E-state index contributed by atoms with van der Waals surface area (Å²) in [6.45, 7) is 0.867. The van der Waals surface area contributed by atoms with Crippen molar-refractivity contribution in [2.24, 2.45) is 5.92 Å². The first-order chi connectivity index (χ1) is 15.8. The third-order valence-electron chi connectivity index (χ3n) is 5.62. The molecule has 1 aromatic carbocycles. The molecule has 5 nitrogen and oxygen atoms in total. The molecular formula is C24H21ClF3N3O2. The van der Waals surface area contributed by atoms with Crippen LogP contribution < -0.4 is 4.90 Å². The summed E-state index contributed by atoms with van der Waals surface area (Å²) in [7, 11) is 0. The SMILES string of the molecule is O=C(OC(c1ccccc1)c1ccncc1)C1CCN(c2ncc(C(F)(F)F)cc2Cl)CC1. The summed E-state index contributed by atoms with van der Waals surface area (Å²) in [5.41, 5.74) is 0.788. The van der Waals surface area contributed by atoms with Gasteiger partial charge in [0.25, 0.3) is 0 Å². The Morgan fingerprint density at radius 1 is 1.06 bits per heavy atom. The van der Waals surface area contributed by atoms with E-state index in [-0.39, 0.29) is 22.7 Å². The van der Waals surface area contributed by atoms with Crippen LogP contribution in [-0.4, -0.2) is 29.0 Å². The van der Waals surface area contributed by atoms with Gasteiger partial charge in [0.05, 0.1) is 16.5 Å². The van der Waals surface area contributed by atoms with Crippen LogP contribution in [0.5, 0.6) is 0 Å². The number of hydrogen-bond donors (Lipinski definition) is 0. The molecule has 1 saturated heterocycles. The standard InChI is InChI=1S/C24H21ClF3N3O2/c25-20-14-19(24(26,27)28)15-30-22(20)31-12-8-18(9-13-31)23(32)33-21(16-4-2-1-3-5-16)17-6-10-29-11-7-17/h1-7,10-11,14-15,18,21H,8-9,12-13H2. The zero-order valence-electron chi connectivity index (χ0n) is 17.5. The molecule has 0 radical (unpaired) electrons. The van der Waals surface area contributed by atoms with E-state index >= 15 is 0 Å². The fraction of sp³-hybridized carbons (Fsp3) is 0.292. The Hall–Kier alpha value is -3.13. The highest BCUT2D eigenvalue weighted by Crippen LogP contribution is 2.35. The molecule has 33 heavy (non-hydrogen) atoms. The van der Waals surface area contributed by atoms with Gasteiger partial charge in [0, 0.05) is 37.2 Å². The van der Waals surface area contributed by atoms with Crippen molar-refractivity contribution < 1.29 is 22.7 Å². The van der Waals surface area contributed by atoms with E-state index in [0.717, 1.165) is 23.4 Å². The Morgan fingerprint density at radius 2 is 1.70 bits per heavy atom. The van der Waals surface area contributed by atoms with E-state index in [2.05, 4.69) is 9.97 Å². The summed E-state index contributed by atoms with van der Waals surface area (Å²) in [5.74, 6) is -0.357. The highest BCUT2D eigenvalue weighted by Gasteiger charge is 2.33. The number of aromatic nitrogens is 2. The van der Waals surface area contributed by atoms with Crippen molar-refractivity contribution in [3.05, 3.63) is 88.8 Å². The maximum Gasteiger partial charge on any atom is 0.417 e. The monoisotopic (exact) mass is 475 g/mol. The third kappa shape index (κ3) is 5.45. The van der Waals surface area contributed by atoms with Crippen LogP contribution in [0.1, 0.15) is 35.6 Å². The molecule has 0 amide bonds. The van der Waals surface area contributed by atoms with Crippen molar-refractivity contribution in [3.63, 3.8) is 0 Å². The van der Waals surface area contributed by atoms with E-state index in [0.29, 0.717) is 25.9 Å². The molecule has 0 bridgehead atoms. The van der Waals surface area contributed by atoms with Crippen LogP contribution in [0.15, 0.2) is 67.1 Å². The summed E-state index contributed by atoms with van der Waals surface area (Å²) in [6.07, 6.45) is -0.00955. The van der Waals surface area contributed by atoms with Gasteiger partial charge in [-0.25, -0.2) is 4.98 Å². The molecule has 1 atom stereocenters. The highest BCUT2D eigenvalue weighted by molar-refractivity contribution is 6.33. The van der Waals surface area contributed by atoms with Gasteiger partial charge in [-0.2, -0.15) is 13.2 Å². The van der Waals surface area contributed by atoms with Crippen LogP contribution in [0.25, 0.3) is 0 Å². The Kier molecular flexibility index (Phi) is 6.83. The number of alkyl halides is 3. The number of halogens is 4. The van der Waals surface area contributed by atoms with Crippen LogP contribution in [-0.2, 0) is 15.7 Å². The Bertz CT molecular complexity index is 1050. The van der Waals surface area contributed by atoms with E-state index < -0.39 is 17.8 Å². The molecule has 0 aliphatic carbocycles. The Morgan fingerprint density at radius 3 is 2.30 bits per heavy atom. The number of rotatable bonds is 5. The van der Waals surface area contributed by atoms with Crippen LogP contribution in [0.2, 0.25) is 5.02 Å². The average molecular weight is 476 g/mol. The minimum Gasteiger partial charge on any atom is -0.452 e. The van der Waals surface area contributed by atoms with Gasteiger partial charge >= 0.3 is 12.1 Å². The lowest BCUT2D eigenvalue weighted by Crippen LogP contribution is -2.38. The van der Waals surface area contributed by atoms with Crippen molar-refractivity contribution in [3.8, 4) is 0 Å². The molecule has 0 spiro atoms. The van der Waals surface area contributed by atoms with Crippen molar-refractivity contribution in [2.75, 3.05) is 18.0 Å². The number of ether oxygens (including phenoxy) is 1. The fourth-order valence-corrected chi connectivity index (χ4v) is 4.14. The number of hydrogen-bond acceptors (Lipinski definition) is 5. The predicted octanol–water partition coefficient (Wildman–Crippen LogP) is 5.70. The minimum atomic E-state index is -4.50. The van der Waals surface area contributed by atoms with Crippen LogP contribution in [0, 0.1) is 5.92 Å². The van der Waals surface area contributed by atoms with E-state index in [1.165, 1.54) is 0 Å². The molecular weight excluding hydrogens is 455 g/mol. The third-order valence-corrected chi connectivity index (χ3v) is 5.90. The summed E-state index contributed by atoms with van der Waals surface area (Å²) in [6, 6.07) is 14.0. The zero-order valence-corrected chi connectivity index (χ0v) is 18.3. The van der Waals surface area contributed by atoms with Gasteiger partial charge in [-0.15, -0.1) is 0 Å². The lowest BCUT2D eigenvalue weighted by atomic mass is 9.96. The topological polar surface area (TPSA) is 55.3 Å². The van der Waals surface area contributed by atoms with Crippen molar-refractivity contribution in [1.82, 2.24) is 9.97 Å². The van der Waals surface area contributed by atoms with Crippen LogP contribution >= 0.6 is 11.6 Å². The first-order valence-electron chi connectivity index (χ1n) is 10.5. The summed E-state index contributed by atoms with van der Waals surface area (Å²) in [4.78, 5) is 22.7. The molecule has 0 saturated carbocycles. The highest BCUT2D eigenvalue weighted by atomic mass is 35.5. The molecule has 0 N–H and O–H groups in total. The largest absolute Gasteiger partial charge is 0.452 e. The van der Waals surface area contributed by atoms with Gasteiger partial charge in [-0.3, -0.25) is 9.78 Å². The number of benzene rings is 1. The van der Waals surface area contributed by atoms with Crippen LogP contribution in [0.4, 0.5) is 19.0 Å². The fourth-order valence-electron chi connectivity index (χ4n) is 3.85. The second-order valence-corrected chi connectivity index (χ2v) is 8.20. The van der Waals surface area contributed by atoms with E-state index in [1.807, 2.05) is 42.5 Å². The molecule has 1 aliphatic rings. The molecule has 172 valence electrons. The summed E-state index contributed by atoms with van der Waals surface area (Å²) >= 11 is 6.07. The molecule has 1 fully saturated rings. The first-order valence-corrected chi connectivity index (χ1v) is 10.8. The van der Waals surface area contributed by atoms with Gasteiger partial charge in [0.15, 0.2) is 6.10 Å². The number of nitrogens with zero attached hydrogens (tertiary/aromatic N) is 3. The summed E-state index contributed by atoms with van der Waals surface area (Å²) < 4.78 is 44.5. The summed E-state index contributed by atoms with van der Waals surface area (Å²) in [5, 5.41) is -0.0623.